The topological polar surface area (TPSA) is 83.5 Å². The van der Waals surface area contributed by atoms with Gasteiger partial charge >= 0.3 is 5.97 Å². The highest BCUT2D eigenvalue weighted by molar-refractivity contribution is 9.10. The van der Waals surface area contributed by atoms with Gasteiger partial charge in [0, 0.05) is 4.47 Å². The number of carboxylic acids is 1. The lowest BCUT2D eigenvalue weighted by Crippen LogP contribution is -2.42. The molecule has 7 heteroatoms. The predicted molar refractivity (Wildman–Crippen MR) is 80.8 cm³/mol. The normalized spacial score (nSPS) is 13.4. The Hall–Kier alpha value is -0.920. The number of nitrogens with one attached hydrogen (secondary N) is 1. The van der Waals surface area contributed by atoms with Crippen molar-refractivity contribution in [1.82, 2.24) is 4.72 Å². The smallest absolute Gasteiger partial charge is 0.321 e. The maximum atomic E-state index is 12.0. The zero-order valence-corrected chi connectivity index (χ0v) is 13.7. The fraction of sp³-hybridized carbons (Fsp3) is 0.462. The van der Waals surface area contributed by atoms with Crippen LogP contribution in [0.2, 0.25) is 0 Å². The molecule has 1 aromatic carbocycles. The summed E-state index contributed by atoms with van der Waals surface area (Å²) in [6.07, 6.45) is 0.257. The van der Waals surface area contributed by atoms with Crippen LogP contribution in [0.5, 0.6) is 0 Å². The summed E-state index contributed by atoms with van der Waals surface area (Å²) in [6, 6.07) is 5.81. The van der Waals surface area contributed by atoms with Gasteiger partial charge in [-0.15, -0.1) is 0 Å². The summed E-state index contributed by atoms with van der Waals surface area (Å²) in [6.45, 7) is 3.69. The molecule has 0 spiro atoms. The third kappa shape index (κ3) is 6.02. The van der Waals surface area contributed by atoms with Crippen LogP contribution in [0, 0.1) is 5.92 Å². The predicted octanol–water partition coefficient (Wildman–Crippen LogP) is 2.37. The highest BCUT2D eigenvalue weighted by Crippen LogP contribution is 2.14. The number of aliphatic carboxylic acids is 1. The fourth-order valence-electron chi connectivity index (χ4n) is 1.78. The van der Waals surface area contributed by atoms with Gasteiger partial charge in [-0.3, -0.25) is 4.79 Å². The average Bonchev–Trinajstić information content (AvgIpc) is 2.26. The zero-order valence-electron chi connectivity index (χ0n) is 11.3. The molecular formula is C13H18BrNO4S. The average molecular weight is 364 g/mol. The minimum Gasteiger partial charge on any atom is -0.480 e. The van der Waals surface area contributed by atoms with Gasteiger partial charge in [0.1, 0.15) is 6.04 Å². The van der Waals surface area contributed by atoms with E-state index in [2.05, 4.69) is 20.7 Å². The molecule has 0 aliphatic heterocycles. The minimum absolute atomic E-state index is 0.0877. The first kappa shape index (κ1) is 17.1. The Kier molecular flexibility index (Phi) is 6.16. The molecule has 0 aliphatic carbocycles. The van der Waals surface area contributed by atoms with E-state index >= 15 is 0 Å². The second kappa shape index (κ2) is 7.19. The van der Waals surface area contributed by atoms with Gasteiger partial charge in [-0.05, 0) is 30.0 Å². The van der Waals surface area contributed by atoms with Crippen LogP contribution in [0.25, 0.3) is 0 Å². The van der Waals surface area contributed by atoms with E-state index in [1.54, 1.807) is 24.3 Å². The van der Waals surface area contributed by atoms with Gasteiger partial charge in [-0.25, -0.2) is 13.1 Å². The van der Waals surface area contributed by atoms with E-state index in [9.17, 15) is 13.2 Å². The van der Waals surface area contributed by atoms with E-state index in [4.69, 9.17) is 5.11 Å². The Morgan fingerprint density at radius 1 is 1.40 bits per heavy atom. The van der Waals surface area contributed by atoms with Gasteiger partial charge in [0.25, 0.3) is 0 Å². The quantitative estimate of drug-likeness (QED) is 0.778. The lowest BCUT2D eigenvalue weighted by atomic mass is 10.1. The third-order valence-electron chi connectivity index (χ3n) is 2.57. The SMILES string of the molecule is CC(C)C[C@H](NS(=O)(=O)Cc1cccc(Br)c1)C(=O)O. The molecule has 0 fully saturated rings. The molecule has 5 nitrogen and oxygen atoms in total. The fourth-order valence-corrected chi connectivity index (χ4v) is 3.55. The third-order valence-corrected chi connectivity index (χ3v) is 4.42. The van der Waals surface area contributed by atoms with Crippen molar-refractivity contribution < 1.29 is 18.3 Å². The van der Waals surface area contributed by atoms with Crippen LogP contribution in [-0.2, 0) is 20.6 Å². The van der Waals surface area contributed by atoms with Gasteiger partial charge in [-0.1, -0.05) is 41.9 Å². The molecule has 0 amide bonds. The van der Waals surface area contributed by atoms with E-state index in [0.29, 0.717) is 5.56 Å². The molecule has 0 heterocycles. The van der Waals surface area contributed by atoms with Crippen molar-refractivity contribution >= 4 is 31.9 Å². The second-order valence-corrected chi connectivity index (χ2v) is 7.70. The van der Waals surface area contributed by atoms with Crippen molar-refractivity contribution in [2.75, 3.05) is 0 Å². The van der Waals surface area contributed by atoms with Crippen molar-refractivity contribution in [2.24, 2.45) is 5.92 Å². The summed E-state index contributed by atoms with van der Waals surface area (Å²) in [5, 5.41) is 9.06. The summed E-state index contributed by atoms with van der Waals surface area (Å²) in [4.78, 5) is 11.1. The number of sulfonamides is 1. The summed E-state index contributed by atoms with van der Waals surface area (Å²) in [7, 11) is -3.69. The van der Waals surface area contributed by atoms with Crippen LogP contribution in [0.4, 0.5) is 0 Å². The molecule has 0 aromatic heterocycles. The van der Waals surface area contributed by atoms with Crippen molar-refractivity contribution in [3.8, 4) is 0 Å². The molecule has 1 aromatic rings. The number of halogens is 1. The molecule has 0 unspecified atom stereocenters. The van der Waals surface area contributed by atoms with E-state index < -0.39 is 22.0 Å². The van der Waals surface area contributed by atoms with Crippen LogP contribution in [-0.4, -0.2) is 25.5 Å². The number of benzene rings is 1. The first-order valence-corrected chi connectivity index (χ1v) is 8.61. The Labute approximate surface area is 127 Å². The zero-order chi connectivity index (χ0) is 15.3. The summed E-state index contributed by atoms with van der Waals surface area (Å²) in [5.41, 5.74) is 0.598. The standard InChI is InChI=1S/C13H18BrNO4S/c1-9(2)6-12(13(16)17)15-20(18,19)8-10-4-3-5-11(14)7-10/h3-5,7,9,12,15H,6,8H2,1-2H3,(H,16,17)/t12-/m0/s1. The van der Waals surface area contributed by atoms with E-state index in [1.165, 1.54) is 0 Å². The van der Waals surface area contributed by atoms with Crippen LogP contribution in [0.1, 0.15) is 25.8 Å². The highest BCUT2D eigenvalue weighted by atomic mass is 79.9. The Balaban J connectivity index is 2.80. The molecule has 0 bridgehead atoms. The maximum Gasteiger partial charge on any atom is 0.321 e. The number of rotatable bonds is 7. The van der Waals surface area contributed by atoms with E-state index in [-0.39, 0.29) is 18.1 Å². The summed E-state index contributed by atoms with van der Waals surface area (Å²) < 4.78 is 27.1. The maximum absolute atomic E-state index is 12.0. The van der Waals surface area contributed by atoms with Gasteiger partial charge in [-0.2, -0.15) is 0 Å². The molecule has 2 N–H and O–H groups in total. The second-order valence-electron chi connectivity index (χ2n) is 5.03. The van der Waals surface area contributed by atoms with Gasteiger partial charge < -0.3 is 5.11 Å². The monoisotopic (exact) mass is 363 g/mol. The van der Waals surface area contributed by atoms with E-state index in [1.807, 2.05) is 13.8 Å². The summed E-state index contributed by atoms with van der Waals surface area (Å²) >= 11 is 3.27. The molecule has 112 valence electrons. The number of carbonyl (C=O) groups is 1. The van der Waals surface area contributed by atoms with Crippen molar-refractivity contribution in [3.63, 3.8) is 0 Å². The van der Waals surface area contributed by atoms with Gasteiger partial charge in [0.2, 0.25) is 10.0 Å². The van der Waals surface area contributed by atoms with Gasteiger partial charge in [0.05, 0.1) is 5.75 Å². The lowest BCUT2D eigenvalue weighted by molar-refractivity contribution is -0.139. The number of hydrogen-bond donors (Lipinski definition) is 2. The first-order chi connectivity index (χ1) is 9.19. The van der Waals surface area contributed by atoms with Crippen LogP contribution in [0.15, 0.2) is 28.7 Å². The largest absolute Gasteiger partial charge is 0.480 e. The molecule has 0 saturated carbocycles. The molecule has 0 saturated heterocycles. The van der Waals surface area contributed by atoms with E-state index in [0.717, 1.165) is 4.47 Å². The van der Waals surface area contributed by atoms with Crippen LogP contribution in [0.3, 0.4) is 0 Å². The molecule has 0 radical (unpaired) electrons. The molecule has 0 aliphatic rings. The van der Waals surface area contributed by atoms with Gasteiger partial charge in [0.15, 0.2) is 0 Å². The molecule has 1 rings (SSSR count). The first-order valence-electron chi connectivity index (χ1n) is 6.17. The number of hydrogen-bond acceptors (Lipinski definition) is 3. The Morgan fingerprint density at radius 2 is 2.05 bits per heavy atom. The van der Waals surface area contributed by atoms with Crippen LogP contribution < -0.4 is 4.72 Å². The van der Waals surface area contributed by atoms with Crippen molar-refractivity contribution in [3.05, 3.63) is 34.3 Å². The minimum atomic E-state index is -3.69. The Morgan fingerprint density at radius 3 is 2.55 bits per heavy atom. The van der Waals surface area contributed by atoms with Crippen LogP contribution >= 0.6 is 15.9 Å². The molecule has 1 atom stereocenters. The lowest BCUT2D eigenvalue weighted by Gasteiger charge is -2.16. The van der Waals surface area contributed by atoms with Crippen molar-refractivity contribution in [2.45, 2.75) is 32.1 Å². The summed E-state index contributed by atoms with van der Waals surface area (Å²) in [5.74, 6) is -1.31. The number of carboxylic acid groups (broad SMARTS) is 1. The highest BCUT2D eigenvalue weighted by Gasteiger charge is 2.24. The molecule has 20 heavy (non-hydrogen) atoms. The molecular weight excluding hydrogens is 346 g/mol. The van der Waals surface area contributed by atoms with Crippen molar-refractivity contribution in [1.29, 1.82) is 0 Å². The Bertz CT molecular complexity index is 571.